The monoisotopic (exact) mass is 243 g/mol. The zero-order valence-corrected chi connectivity index (χ0v) is 11.4. The molecule has 1 rings (SSSR count). The molecule has 0 radical (unpaired) electrons. The topological polar surface area (TPSA) is 49.8 Å². The van der Waals surface area contributed by atoms with Crippen molar-refractivity contribution in [1.29, 1.82) is 0 Å². The fourth-order valence-electron chi connectivity index (χ4n) is 2.28. The average Bonchev–Trinajstić information content (AvgIpc) is 2.65. The van der Waals surface area contributed by atoms with E-state index in [1.54, 1.807) is 0 Å². The maximum absolute atomic E-state index is 11.5. The summed E-state index contributed by atoms with van der Waals surface area (Å²) in [6.45, 7) is 11.0. The Labute approximate surface area is 104 Å². The van der Waals surface area contributed by atoms with Gasteiger partial charge < -0.3 is 9.84 Å². The van der Waals surface area contributed by atoms with E-state index < -0.39 is 11.4 Å². The summed E-state index contributed by atoms with van der Waals surface area (Å²) in [5, 5.41) is 9.42. The average molecular weight is 243 g/mol. The molecule has 0 bridgehead atoms. The van der Waals surface area contributed by atoms with Crippen LogP contribution in [0.4, 0.5) is 0 Å². The summed E-state index contributed by atoms with van der Waals surface area (Å²) >= 11 is 0. The molecule has 0 amide bonds. The van der Waals surface area contributed by atoms with Gasteiger partial charge in [-0.3, -0.25) is 9.69 Å². The molecule has 100 valence electrons. The molecule has 1 heterocycles. The van der Waals surface area contributed by atoms with Crippen molar-refractivity contribution in [3.8, 4) is 0 Å². The van der Waals surface area contributed by atoms with Crippen molar-refractivity contribution in [1.82, 2.24) is 4.90 Å². The van der Waals surface area contributed by atoms with Gasteiger partial charge in [-0.1, -0.05) is 13.8 Å². The van der Waals surface area contributed by atoms with Gasteiger partial charge in [-0.05, 0) is 26.2 Å². The largest absolute Gasteiger partial charge is 0.481 e. The predicted molar refractivity (Wildman–Crippen MR) is 67.1 cm³/mol. The number of ether oxygens (including phenoxy) is 1. The Morgan fingerprint density at radius 1 is 1.41 bits per heavy atom. The number of carbonyl (C=O) groups is 1. The summed E-state index contributed by atoms with van der Waals surface area (Å²) in [6, 6.07) is 0.370. The molecular formula is C13H25NO3. The van der Waals surface area contributed by atoms with E-state index in [1.165, 1.54) is 0 Å². The third kappa shape index (κ3) is 3.68. The molecule has 0 saturated carbocycles. The van der Waals surface area contributed by atoms with Crippen LogP contribution in [0.1, 0.15) is 34.1 Å². The first kappa shape index (κ1) is 14.5. The van der Waals surface area contributed by atoms with Crippen molar-refractivity contribution in [2.24, 2.45) is 11.3 Å². The van der Waals surface area contributed by atoms with E-state index in [0.717, 1.165) is 6.54 Å². The van der Waals surface area contributed by atoms with E-state index in [-0.39, 0.29) is 0 Å². The number of aliphatic carboxylic acids is 1. The highest BCUT2D eigenvalue weighted by molar-refractivity contribution is 5.75. The third-order valence-electron chi connectivity index (χ3n) is 3.39. The molecule has 4 nitrogen and oxygen atoms in total. The van der Waals surface area contributed by atoms with Crippen LogP contribution in [-0.4, -0.2) is 48.3 Å². The number of hydrogen-bond acceptors (Lipinski definition) is 3. The van der Waals surface area contributed by atoms with E-state index in [0.29, 0.717) is 38.1 Å². The lowest BCUT2D eigenvalue weighted by atomic mass is 9.86. The van der Waals surface area contributed by atoms with Gasteiger partial charge in [0.2, 0.25) is 0 Å². The van der Waals surface area contributed by atoms with Gasteiger partial charge in [0.25, 0.3) is 0 Å². The van der Waals surface area contributed by atoms with Crippen LogP contribution in [0, 0.1) is 11.3 Å². The highest BCUT2D eigenvalue weighted by atomic mass is 16.5. The molecule has 1 unspecified atom stereocenters. The first-order valence-corrected chi connectivity index (χ1v) is 6.42. The molecule has 1 fully saturated rings. The molecule has 1 aliphatic heterocycles. The Kier molecular flexibility index (Phi) is 4.95. The first-order valence-electron chi connectivity index (χ1n) is 6.42. The molecule has 0 aromatic rings. The van der Waals surface area contributed by atoms with Crippen LogP contribution in [0.3, 0.4) is 0 Å². The SMILES string of the molecule is CC(C)CN(CC1(C(=O)O)CCOC1)C(C)C. The second-order valence-corrected chi connectivity index (χ2v) is 5.81. The van der Waals surface area contributed by atoms with Crippen LogP contribution in [0.25, 0.3) is 0 Å². The highest BCUT2D eigenvalue weighted by Crippen LogP contribution is 2.31. The van der Waals surface area contributed by atoms with Gasteiger partial charge in [0.1, 0.15) is 5.41 Å². The van der Waals surface area contributed by atoms with Crippen LogP contribution in [0.5, 0.6) is 0 Å². The Morgan fingerprint density at radius 2 is 2.06 bits per heavy atom. The van der Waals surface area contributed by atoms with Gasteiger partial charge in [-0.2, -0.15) is 0 Å². The van der Waals surface area contributed by atoms with Crippen LogP contribution in [0.15, 0.2) is 0 Å². The van der Waals surface area contributed by atoms with Gasteiger partial charge in [0.05, 0.1) is 6.61 Å². The third-order valence-corrected chi connectivity index (χ3v) is 3.39. The fraction of sp³-hybridized carbons (Fsp3) is 0.923. The van der Waals surface area contributed by atoms with E-state index >= 15 is 0 Å². The van der Waals surface area contributed by atoms with Gasteiger partial charge >= 0.3 is 5.97 Å². The molecule has 0 aliphatic carbocycles. The molecule has 1 atom stereocenters. The molecule has 1 aliphatic rings. The lowest BCUT2D eigenvalue weighted by Gasteiger charge is -2.34. The minimum absolute atomic E-state index is 0.351. The maximum Gasteiger partial charge on any atom is 0.313 e. The summed E-state index contributed by atoms with van der Waals surface area (Å²) in [5.74, 6) is -0.171. The molecule has 0 spiro atoms. The Bertz CT molecular complexity index is 257. The summed E-state index contributed by atoms with van der Waals surface area (Å²) in [4.78, 5) is 13.7. The lowest BCUT2D eigenvalue weighted by Crippen LogP contribution is -2.47. The molecular weight excluding hydrogens is 218 g/mol. The standard InChI is InChI=1S/C13H25NO3/c1-10(2)7-14(11(3)4)8-13(12(15)16)5-6-17-9-13/h10-11H,5-9H2,1-4H3,(H,15,16). The van der Waals surface area contributed by atoms with E-state index in [1.807, 2.05) is 0 Å². The Hall–Kier alpha value is -0.610. The number of carboxylic acids is 1. The smallest absolute Gasteiger partial charge is 0.313 e. The number of nitrogens with zero attached hydrogens (tertiary/aromatic N) is 1. The predicted octanol–water partition coefficient (Wildman–Crippen LogP) is 1.84. The Balaban J connectivity index is 2.72. The van der Waals surface area contributed by atoms with Crippen molar-refractivity contribution in [3.05, 3.63) is 0 Å². The second-order valence-electron chi connectivity index (χ2n) is 5.81. The zero-order valence-electron chi connectivity index (χ0n) is 11.4. The van der Waals surface area contributed by atoms with Crippen molar-refractivity contribution >= 4 is 5.97 Å². The molecule has 1 N–H and O–H groups in total. The van der Waals surface area contributed by atoms with Crippen LogP contribution in [0.2, 0.25) is 0 Å². The number of hydrogen-bond donors (Lipinski definition) is 1. The minimum atomic E-state index is -0.718. The van der Waals surface area contributed by atoms with E-state index in [2.05, 4.69) is 32.6 Å². The Morgan fingerprint density at radius 3 is 2.41 bits per heavy atom. The van der Waals surface area contributed by atoms with Crippen LogP contribution in [-0.2, 0) is 9.53 Å². The van der Waals surface area contributed by atoms with Gasteiger partial charge in [0, 0.05) is 25.7 Å². The molecule has 0 aromatic carbocycles. The molecule has 4 heteroatoms. The van der Waals surface area contributed by atoms with Crippen molar-refractivity contribution in [3.63, 3.8) is 0 Å². The molecule has 1 saturated heterocycles. The zero-order chi connectivity index (χ0) is 13.1. The van der Waals surface area contributed by atoms with E-state index in [9.17, 15) is 9.90 Å². The summed E-state index contributed by atoms with van der Waals surface area (Å²) in [5.41, 5.74) is -0.695. The number of rotatable bonds is 6. The first-order chi connectivity index (χ1) is 7.87. The lowest BCUT2D eigenvalue weighted by molar-refractivity contribution is -0.150. The maximum atomic E-state index is 11.5. The van der Waals surface area contributed by atoms with E-state index in [4.69, 9.17) is 4.74 Å². The van der Waals surface area contributed by atoms with Crippen molar-refractivity contribution in [2.75, 3.05) is 26.3 Å². The van der Waals surface area contributed by atoms with Crippen LogP contribution >= 0.6 is 0 Å². The quantitative estimate of drug-likeness (QED) is 0.773. The molecule has 0 aromatic heterocycles. The minimum Gasteiger partial charge on any atom is -0.481 e. The summed E-state index contributed by atoms with van der Waals surface area (Å²) < 4.78 is 5.30. The normalized spacial score (nSPS) is 25.1. The fourth-order valence-corrected chi connectivity index (χ4v) is 2.28. The number of carboxylic acid groups (broad SMARTS) is 1. The van der Waals surface area contributed by atoms with Gasteiger partial charge in [0.15, 0.2) is 0 Å². The highest BCUT2D eigenvalue weighted by Gasteiger charge is 2.44. The van der Waals surface area contributed by atoms with Crippen molar-refractivity contribution < 1.29 is 14.6 Å². The second kappa shape index (κ2) is 5.83. The van der Waals surface area contributed by atoms with Gasteiger partial charge in [-0.25, -0.2) is 0 Å². The van der Waals surface area contributed by atoms with Gasteiger partial charge in [-0.15, -0.1) is 0 Å². The summed E-state index contributed by atoms with van der Waals surface area (Å²) in [7, 11) is 0. The van der Waals surface area contributed by atoms with Crippen LogP contribution < -0.4 is 0 Å². The molecule has 17 heavy (non-hydrogen) atoms. The summed E-state index contributed by atoms with van der Waals surface area (Å²) in [6.07, 6.45) is 0.629. The van der Waals surface area contributed by atoms with Crippen molar-refractivity contribution in [2.45, 2.75) is 40.2 Å².